The zero-order valence-electron chi connectivity index (χ0n) is 18.7. The van der Waals surface area contributed by atoms with Crippen molar-refractivity contribution in [3.8, 4) is 0 Å². The highest BCUT2D eigenvalue weighted by Gasteiger charge is 2.23. The Kier molecular flexibility index (Phi) is 5.49. The van der Waals surface area contributed by atoms with Gasteiger partial charge in [-0.05, 0) is 35.3 Å². The van der Waals surface area contributed by atoms with Crippen LogP contribution in [-0.4, -0.2) is 45.3 Å². The molecular weight excluding hydrogens is 440 g/mol. The lowest BCUT2D eigenvalue weighted by molar-refractivity contribution is 0.0958. The van der Waals surface area contributed by atoms with Gasteiger partial charge in [0, 0.05) is 44.6 Å². The zero-order chi connectivity index (χ0) is 24.0. The monoisotopic (exact) mass is 463 g/mol. The predicted octanol–water partition coefficient (Wildman–Crippen LogP) is 3.35. The van der Waals surface area contributed by atoms with E-state index >= 15 is 4.39 Å². The Bertz CT molecular complexity index is 1500. The van der Waals surface area contributed by atoms with Crippen LogP contribution in [0.25, 0.3) is 22.1 Å². The summed E-state index contributed by atoms with van der Waals surface area (Å²) >= 11 is 0. The highest BCUT2D eigenvalue weighted by atomic mass is 19.1. The second-order valence-corrected chi connectivity index (χ2v) is 8.54. The minimum atomic E-state index is -0.665. The van der Waals surface area contributed by atoms with Gasteiger partial charge in [-0.1, -0.05) is 25.1 Å². The van der Waals surface area contributed by atoms with Gasteiger partial charge in [-0.25, -0.2) is 8.78 Å². The molecular formula is C25H23F2N5O2. The maximum Gasteiger partial charge on any atom is 0.275 e. The number of H-pyrrole nitrogens is 1. The van der Waals surface area contributed by atoms with Crippen LogP contribution < -0.4 is 10.9 Å². The lowest BCUT2D eigenvalue weighted by Gasteiger charge is -2.31. The van der Waals surface area contributed by atoms with E-state index in [0.29, 0.717) is 36.4 Å². The van der Waals surface area contributed by atoms with Crippen molar-refractivity contribution in [2.75, 3.05) is 20.1 Å². The lowest BCUT2D eigenvalue weighted by Crippen LogP contribution is -2.33. The smallest absolute Gasteiger partial charge is 0.275 e. The van der Waals surface area contributed by atoms with Crippen LogP contribution >= 0.6 is 0 Å². The van der Waals surface area contributed by atoms with Crippen molar-refractivity contribution in [1.29, 1.82) is 0 Å². The number of halogens is 2. The molecule has 5 rings (SSSR count). The van der Waals surface area contributed by atoms with Gasteiger partial charge in [0.2, 0.25) is 0 Å². The van der Waals surface area contributed by atoms with E-state index in [1.807, 2.05) is 6.07 Å². The van der Waals surface area contributed by atoms with Gasteiger partial charge < -0.3 is 14.7 Å². The van der Waals surface area contributed by atoms with Gasteiger partial charge in [0.15, 0.2) is 11.6 Å². The van der Waals surface area contributed by atoms with Crippen molar-refractivity contribution in [2.24, 2.45) is 5.92 Å². The van der Waals surface area contributed by atoms with Crippen molar-refractivity contribution < 1.29 is 13.6 Å². The average Bonchev–Trinajstić information content (AvgIpc) is 3.23. The Morgan fingerprint density at radius 2 is 2.06 bits per heavy atom. The molecule has 1 atom stereocenters. The van der Waals surface area contributed by atoms with Gasteiger partial charge in [0.25, 0.3) is 11.5 Å². The summed E-state index contributed by atoms with van der Waals surface area (Å²) in [6.07, 6.45) is 5.22. The maximum atomic E-state index is 15.3. The van der Waals surface area contributed by atoms with E-state index in [-0.39, 0.29) is 22.9 Å². The number of benzene rings is 1. The van der Waals surface area contributed by atoms with Gasteiger partial charge in [-0.3, -0.25) is 19.5 Å². The molecule has 0 fully saturated rings. The molecule has 9 heteroatoms. The summed E-state index contributed by atoms with van der Waals surface area (Å²) in [6.45, 7) is 3.78. The first-order chi connectivity index (χ1) is 16.4. The van der Waals surface area contributed by atoms with Crippen LogP contribution in [0, 0.1) is 17.6 Å². The highest BCUT2D eigenvalue weighted by Crippen LogP contribution is 2.29. The Balaban J connectivity index is 1.39. The van der Waals surface area contributed by atoms with E-state index in [4.69, 9.17) is 0 Å². The second kappa shape index (κ2) is 8.49. The van der Waals surface area contributed by atoms with E-state index in [2.05, 4.69) is 33.2 Å². The first-order valence-corrected chi connectivity index (χ1v) is 11.0. The molecule has 3 aromatic heterocycles. The fraction of sp³-hybridized carbons (Fsp3) is 0.240. The molecule has 0 saturated carbocycles. The van der Waals surface area contributed by atoms with Crippen LogP contribution in [-0.2, 0) is 6.54 Å². The third-order valence-electron chi connectivity index (χ3n) is 6.33. The number of hydrogen-bond acceptors (Lipinski definition) is 4. The fourth-order valence-electron chi connectivity index (χ4n) is 4.64. The minimum Gasteiger partial charge on any atom is -0.354 e. The summed E-state index contributed by atoms with van der Waals surface area (Å²) in [7, 11) is 1.56. The molecule has 1 amide bonds. The number of nitrogens with one attached hydrogen (secondary N) is 2. The van der Waals surface area contributed by atoms with Crippen LogP contribution in [0.15, 0.2) is 53.6 Å². The molecule has 0 radical (unpaired) electrons. The van der Waals surface area contributed by atoms with Crippen LogP contribution in [0.2, 0.25) is 0 Å². The van der Waals surface area contributed by atoms with Crippen molar-refractivity contribution in [2.45, 2.75) is 13.5 Å². The maximum absolute atomic E-state index is 15.3. The molecule has 174 valence electrons. The number of carbonyl (C=O) groups is 1. The molecule has 0 saturated heterocycles. The molecule has 34 heavy (non-hydrogen) atoms. The molecule has 4 aromatic rings. The van der Waals surface area contributed by atoms with E-state index < -0.39 is 17.2 Å². The SMILES string of the molecule is CNC(=O)c1ccc(C2=CCN(Cc3ccc4c([nH]c(=O)c5c(F)ccn54)c3F)CC2C)cn1. The number of pyridine rings is 1. The van der Waals surface area contributed by atoms with Crippen LogP contribution in [0.5, 0.6) is 0 Å². The number of carbonyl (C=O) groups excluding carboxylic acids is 1. The number of nitrogens with zero attached hydrogens (tertiary/aromatic N) is 3. The van der Waals surface area contributed by atoms with Gasteiger partial charge in [0.05, 0.1) is 5.52 Å². The number of amides is 1. The van der Waals surface area contributed by atoms with Crippen LogP contribution in [0.4, 0.5) is 8.78 Å². The summed E-state index contributed by atoms with van der Waals surface area (Å²) in [4.78, 5) is 32.9. The van der Waals surface area contributed by atoms with Gasteiger partial charge >= 0.3 is 0 Å². The van der Waals surface area contributed by atoms with E-state index in [1.165, 1.54) is 16.7 Å². The molecule has 0 aliphatic carbocycles. The van der Waals surface area contributed by atoms with E-state index in [1.54, 1.807) is 31.4 Å². The topological polar surface area (TPSA) is 82.5 Å². The normalized spacial score (nSPS) is 16.7. The standard InChI is InChI=1S/C25H23F2N5O2/c1-14-12-31(9-7-17(14)15-3-5-19(29-11-15)24(33)28-2)13-16-4-6-20-22(21(16)27)30-25(34)23-18(26)8-10-32(20)23/h3-8,10-11,14H,9,12-13H2,1-2H3,(H,28,33)(H,30,34). The van der Waals surface area contributed by atoms with Gasteiger partial charge in [0.1, 0.15) is 16.7 Å². The summed E-state index contributed by atoms with van der Waals surface area (Å²) in [5, 5.41) is 2.56. The average molecular weight is 463 g/mol. The van der Waals surface area contributed by atoms with Gasteiger partial charge in [-0.2, -0.15) is 0 Å². The summed E-state index contributed by atoms with van der Waals surface area (Å²) in [5.74, 6) is -1.21. The molecule has 2 N–H and O–H groups in total. The van der Waals surface area contributed by atoms with Crippen molar-refractivity contribution in [1.82, 2.24) is 24.6 Å². The second-order valence-electron chi connectivity index (χ2n) is 8.54. The third-order valence-corrected chi connectivity index (χ3v) is 6.33. The summed E-state index contributed by atoms with van der Waals surface area (Å²) < 4.78 is 30.6. The zero-order valence-corrected chi connectivity index (χ0v) is 18.7. The number of rotatable bonds is 4. The Morgan fingerprint density at radius 3 is 2.76 bits per heavy atom. The third kappa shape index (κ3) is 3.67. The predicted molar refractivity (Wildman–Crippen MR) is 125 cm³/mol. The van der Waals surface area contributed by atoms with Gasteiger partial charge in [-0.15, -0.1) is 0 Å². The molecule has 7 nitrogen and oxygen atoms in total. The van der Waals surface area contributed by atoms with Crippen LogP contribution in [0.3, 0.4) is 0 Å². The molecule has 1 aliphatic heterocycles. The first kappa shape index (κ1) is 22.0. The summed E-state index contributed by atoms with van der Waals surface area (Å²) in [6, 6.07) is 8.16. The summed E-state index contributed by atoms with van der Waals surface area (Å²) in [5.41, 5.74) is 2.58. The number of aromatic nitrogens is 3. The molecule has 0 bridgehead atoms. The largest absolute Gasteiger partial charge is 0.354 e. The number of fused-ring (bicyclic) bond motifs is 3. The molecule has 1 unspecified atom stereocenters. The lowest BCUT2D eigenvalue weighted by atomic mass is 9.91. The highest BCUT2D eigenvalue weighted by molar-refractivity contribution is 5.92. The molecule has 4 heterocycles. The Hall–Kier alpha value is -3.85. The number of aromatic amines is 1. The Labute approximate surface area is 193 Å². The first-order valence-electron chi connectivity index (χ1n) is 11.0. The van der Waals surface area contributed by atoms with E-state index in [9.17, 15) is 14.0 Å². The van der Waals surface area contributed by atoms with Crippen molar-refractivity contribution in [3.05, 3.63) is 87.6 Å². The van der Waals surface area contributed by atoms with Crippen molar-refractivity contribution >= 4 is 28.0 Å². The number of hydrogen-bond donors (Lipinski definition) is 2. The fourth-order valence-corrected chi connectivity index (χ4v) is 4.64. The minimum absolute atomic E-state index is 0.0640. The van der Waals surface area contributed by atoms with Crippen LogP contribution in [0.1, 0.15) is 28.5 Å². The van der Waals surface area contributed by atoms with E-state index in [0.717, 1.165) is 11.1 Å². The van der Waals surface area contributed by atoms with Crippen molar-refractivity contribution in [3.63, 3.8) is 0 Å². The molecule has 1 aromatic carbocycles. The molecule has 1 aliphatic rings. The molecule has 0 spiro atoms. The Morgan fingerprint density at radius 1 is 1.24 bits per heavy atom. The quantitative estimate of drug-likeness (QED) is 0.486.